The lowest BCUT2D eigenvalue weighted by atomic mass is 10.4. The maximum atomic E-state index is 11.7. The minimum absolute atomic E-state index is 0.400. The number of halogens is 3. The van der Waals surface area contributed by atoms with E-state index in [1.54, 1.807) is 17.4 Å². The van der Waals surface area contributed by atoms with Gasteiger partial charge in [-0.15, -0.1) is 0 Å². The molecule has 1 aromatic rings. The lowest BCUT2D eigenvalue weighted by Crippen LogP contribution is -2.32. The molecule has 1 rings (SSSR count). The molecule has 0 bridgehead atoms. The van der Waals surface area contributed by atoms with Crippen LogP contribution in [0.5, 0.6) is 0 Å². The smallest absolute Gasteiger partial charge is 0.405 e. The van der Waals surface area contributed by atoms with Crippen molar-refractivity contribution in [3.05, 3.63) is 30.2 Å². The Morgan fingerprint density at radius 3 is 2.80 bits per heavy atom. The molecular formula is C9H8F3NO2. The maximum absolute atomic E-state index is 11.7. The summed E-state index contributed by atoms with van der Waals surface area (Å²) in [7, 11) is 0. The largest absolute Gasteiger partial charge is 0.465 e. The van der Waals surface area contributed by atoms with Gasteiger partial charge in [0.15, 0.2) is 0 Å². The number of hydrogen-bond acceptors (Lipinski definition) is 2. The third-order valence-electron chi connectivity index (χ3n) is 1.41. The van der Waals surface area contributed by atoms with Crippen molar-refractivity contribution in [1.82, 2.24) is 5.32 Å². The zero-order valence-corrected chi connectivity index (χ0v) is 7.54. The van der Waals surface area contributed by atoms with Crippen LogP contribution in [0, 0.1) is 0 Å². The van der Waals surface area contributed by atoms with E-state index in [9.17, 15) is 18.0 Å². The molecule has 3 nitrogen and oxygen atoms in total. The van der Waals surface area contributed by atoms with Crippen LogP contribution in [-0.4, -0.2) is 18.6 Å². The van der Waals surface area contributed by atoms with E-state index in [0.717, 1.165) is 6.08 Å². The lowest BCUT2D eigenvalue weighted by Gasteiger charge is -2.05. The number of carbonyl (C=O) groups excluding carboxylic acids is 1. The first-order valence-corrected chi connectivity index (χ1v) is 4.03. The fraction of sp³-hybridized carbons (Fsp3) is 0.222. The zero-order valence-electron chi connectivity index (χ0n) is 7.54. The molecule has 6 heteroatoms. The summed E-state index contributed by atoms with van der Waals surface area (Å²) in [6, 6.07) is 3.18. The number of amides is 1. The van der Waals surface area contributed by atoms with Gasteiger partial charge in [-0.1, -0.05) is 0 Å². The summed E-state index contributed by atoms with van der Waals surface area (Å²) in [4.78, 5) is 10.8. The summed E-state index contributed by atoms with van der Waals surface area (Å²) in [5.74, 6) is -0.416. The van der Waals surface area contributed by atoms with Crippen LogP contribution in [0.1, 0.15) is 5.76 Å². The maximum Gasteiger partial charge on any atom is 0.405 e. The Hall–Kier alpha value is -1.72. The third kappa shape index (κ3) is 4.90. The first-order chi connectivity index (χ1) is 6.97. The topological polar surface area (TPSA) is 42.2 Å². The van der Waals surface area contributed by atoms with Gasteiger partial charge in [0.05, 0.1) is 6.26 Å². The van der Waals surface area contributed by atoms with E-state index in [-0.39, 0.29) is 0 Å². The average Bonchev–Trinajstić information content (AvgIpc) is 2.62. The van der Waals surface area contributed by atoms with E-state index in [2.05, 4.69) is 0 Å². The zero-order chi connectivity index (χ0) is 11.3. The molecule has 0 aliphatic heterocycles. The highest BCUT2D eigenvalue weighted by Gasteiger charge is 2.27. The third-order valence-corrected chi connectivity index (χ3v) is 1.41. The Labute approximate surface area is 83.6 Å². The van der Waals surface area contributed by atoms with Crippen molar-refractivity contribution in [3.63, 3.8) is 0 Å². The molecule has 0 atom stereocenters. The van der Waals surface area contributed by atoms with Gasteiger partial charge in [0, 0.05) is 6.08 Å². The number of nitrogens with one attached hydrogen (secondary N) is 1. The second-order valence-corrected chi connectivity index (χ2v) is 2.68. The molecule has 0 saturated carbocycles. The van der Waals surface area contributed by atoms with E-state index >= 15 is 0 Å². The summed E-state index contributed by atoms with van der Waals surface area (Å²) >= 11 is 0. The van der Waals surface area contributed by atoms with Gasteiger partial charge in [-0.25, -0.2) is 0 Å². The van der Waals surface area contributed by atoms with E-state index in [1.807, 2.05) is 0 Å². The highest BCUT2D eigenvalue weighted by molar-refractivity contribution is 5.91. The lowest BCUT2D eigenvalue weighted by molar-refractivity contribution is -0.135. The molecule has 82 valence electrons. The highest BCUT2D eigenvalue weighted by atomic mass is 19.4. The molecule has 0 saturated heterocycles. The summed E-state index contributed by atoms with van der Waals surface area (Å²) in [6.45, 7) is -1.34. The van der Waals surface area contributed by atoms with Gasteiger partial charge < -0.3 is 9.73 Å². The number of carbonyl (C=O) groups is 1. The summed E-state index contributed by atoms with van der Waals surface area (Å²) in [5, 5.41) is 1.69. The molecule has 15 heavy (non-hydrogen) atoms. The molecule has 1 aromatic heterocycles. The molecule has 0 aliphatic carbocycles. The number of hydrogen-bond donors (Lipinski definition) is 1. The molecule has 1 heterocycles. The van der Waals surface area contributed by atoms with Gasteiger partial charge in [0.25, 0.3) is 0 Å². The molecule has 0 aliphatic rings. The van der Waals surface area contributed by atoms with Crippen molar-refractivity contribution >= 4 is 12.0 Å². The fourth-order valence-corrected chi connectivity index (χ4v) is 0.790. The molecular weight excluding hydrogens is 211 g/mol. The Morgan fingerprint density at radius 1 is 1.53 bits per heavy atom. The predicted molar refractivity (Wildman–Crippen MR) is 46.8 cm³/mol. The number of alkyl halides is 3. The Balaban J connectivity index is 2.37. The van der Waals surface area contributed by atoms with Crippen LogP contribution in [0.15, 0.2) is 28.9 Å². The monoisotopic (exact) mass is 219 g/mol. The molecule has 0 aromatic carbocycles. The Kier molecular flexibility index (Phi) is 3.54. The van der Waals surface area contributed by atoms with Crippen molar-refractivity contribution in [2.24, 2.45) is 0 Å². The summed E-state index contributed by atoms with van der Waals surface area (Å²) in [5.41, 5.74) is 0. The average molecular weight is 219 g/mol. The Morgan fingerprint density at radius 2 is 2.27 bits per heavy atom. The van der Waals surface area contributed by atoms with Crippen molar-refractivity contribution in [3.8, 4) is 0 Å². The van der Waals surface area contributed by atoms with Crippen molar-refractivity contribution in [2.45, 2.75) is 6.18 Å². The molecule has 1 N–H and O–H groups in total. The second-order valence-electron chi connectivity index (χ2n) is 2.68. The first-order valence-electron chi connectivity index (χ1n) is 4.03. The van der Waals surface area contributed by atoms with Crippen LogP contribution in [0.4, 0.5) is 13.2 Å². The Bertz CT molecular complexity index is 341. The minimum atomic E-state index is -4.39. The van der Waals surface area contributed by atoms with Gasteiger partial charge in [-0.2, -0.15) is 13.2 Å². The number of rotatable bonds is 3. The fourth-order valence-electron chi connectivity index (χ4n) is 0.790. The van der Waals surface area contributed by atoms with Crippen LogP contribution in [0.3, 0.4) is 0 Å². The van der Waals surface area contributed by atoms with Crippen LogP contribution in [-0.2, 0) is 4.79 Å². The van der Waals surface area contributed by atoms with E-state index in [4.69, 9.17) is 4.42 Å². The van der Waals surface area contributed by atoms with Crippen LogP contribution in [0.2, 0.25) is 0 Å². The molecule has 1 amide bonds. The van der Waals surface area contributed by atoms with Gasteiger partial charge in [0.2, 0.25) is 5.91 Å². The van der Waals surface area contributed by atoms with E-state index < -0.39 is 18.6 Å². The predicted octanol–water partition coefficient (Wildman–Crippen LogP) is 1.97. The highest BCUT2D eigenvalue weighted by Crippen LogP contribution is 2.12. The van der Waals surface area contributed by atoms with E-state index in [0.29, 0.717) is 5.76 Å². The molecule has 0 fully saturated rings. The number of furan rings is 1. The quantitative estimate of drug-likeness (QED) is 0.789. The van der Waals surface area contributed by atoms with Gasteiger partial charge >= 0.3 is 6.18 Å². The van der Waals surface area contributed by atoms with E-state index in [1.165, 1.54) is 12.3 Å². The summed E-state index contributed by atoms with van der Waals surface area (Å²) < 4.78 is 39.9. The first kappa shape index (κ1) is 11.4. The normalized spacial score (nSPS) is 11.9. The van der Waals surface area contributed by atoms with Crippen LogP contribution >= 0.6 is 0 Å². The van der Waals surface area contributed by atoms with Crippen molar-refractivity contribution in [1.29, 1.82) is 0 Å². The second kappa shape index (κ2) is 4.68. The van der Waals surface area contributed by atoms with Crippen molar-refractivity contribution in [2.75, 3.05) is 6.54 Å². The standard InChI is InChI=1S/C9H8F3NO2/c10-9(11,12)6-13-8(14)4-3-7-2-1-5-15-7/h1-5H,6H2,(H,13,14). The van der Waals surface area contributed by atoms with Gasteiger partial charge in [-0.05, 0) is 18.2 Å². The van der Waals surface area contributed by atoms with Gasteiger partial charge in [0.1, 0.15) is 12.3 Å². The van der Waals surface area contributed by atoms with Crippen LogP contribution in [0.25, 0.3) is 6.08 Å². The van der Waals surface area contributed by atoms with Crippen LogP contribution < -0.4 is 5.32 Å². The summed E-state index contributed by atoms with van der Waals surface area (Å²) in [6.07, 6.45) is -0.738. The minimum Gasteiger partial charge on any atom is -0.465 e. The molecule has 0 spiro atoms. The van der Waals surface area contributed by atoms with Crippen molar-refractivity contribution < 1.29 is 22.4 Å². The molecule has 0 radical (unpaired) electrons. The molecule has 0 unspecified atom stereocenters. The van der Waals surface area contributed by atoms with Gasteiger partial charge in [-0.3, -0.25) is 4.79 Å². The SMILES string of the molecule is O=C(C=Cc1ccco1)NCC(F)(F)F.